The monoisotopic (exact) mass is 370 g/mol. The van der Waals surface area contributed by atoms with Crippen LogP contribution in [0.5, 0.6) is 0 Å². The standard InChI is InChI=1S/C15H20Cl2N2.2ClH/c16-12-4-5-14(17)13(10-12)15(11-2-1-3-11)19-8-6-18-7-9-19;;/h4-5,10-11,15,18H,1-3,6-9H2;2*1H/t15-;;/m0../s1. The molecule has 0 unspecified atom stereocenters. The van der Waals surface area contributed by atoms with Gasteiger partial charge in [-0.15, -0.1) is 24.8 Å². The van der Waals surface area contributed by atoms with Gasteiger partial charge in [-0.2, -0.15) is 0 Å². The second-order valence-electron chi connectivity index (χ2n) is 5.59. The molecule has 1 saturated carbocycles. The maximum absolute atomic E-state index is 6.43. The van der Waals surface area contributed by atoms with Gasteiger partial charge in [0.15, 0.2) is 0 Å². The number of rotatable bonds is 3. The highest BCUT2D eigenvalue weighted by Gasteiger charge is 2.34. The largest absolute Gasteiger partial charge is 0.314 e. The lowest BCUT2D eigenvalue weighted by atomic mass is 9.76. The molecule has 0 spiro atoms. The van der Waals surface area contributed by atoms with Crippen LogP contribution in [0.1, 0.15) is 30.9 Å². The Bertz CT molecular complexity index is 445. The first-order valence-corrected chi connectivity index (χ1v) is 7.91. The van der Waals surface area contributed by atoms with Crippen LogP contribution in [0.15, 0.2) is 18.2 Å². The average Bonchev–Trinajstić information content (AvgIpc) is 2.38. The third kappa shape index (κ3) is 4.40. The third-order valence-corrected chi connectivity index (χ3v) is 5.00. The predicted molar refractivity (Wildman–Crippen MR) is 95.5 cm³/mol. The number of nitrogens with zero attached hydrogens (tertiary/aromatic N) is 1. The molecular formula is C15H22Cl4N2. The van der Waals surface area contributed by atoms with Gasteiger partial charge in [0.05, 0.1) is 0 Å². The summed E-state index contributed by atoms with van der Waals surface area (Å²) in [6.07, 6.45) is 3.99. The van der Waals surface area contributed by atoms with Gasteiger partial charge in [-0.25, -0.2) is 0 Å². The van der Waals surface area contributed by atoms with Gasteiger partial charge < -0.3 is 5.32 Å². The minimum Gasteiger partial charge on any atom is -0.314 e. The molecular weight excluding hydrogens is 350 g/mol. The Morgan fingerprint density at radius 2 is 1.76 bits per heavy atom. The average molecular weight is 372 g/mol. The molecule has 6 heteroatoms. The van der Waals surface area contributed by atoms with Crippen LogP contribution in [0.4, 0.5) is 0 Å². The SMILES string of the molecule is Cl.Cl.Clc1ccc(Cl)c([C@H](C2CCC2)N2CCNCC2)c1. The lowest BCUT2D eigenvalue weighted by molar-refractivity contribution is 0.0838. The summed E-state index contributed by atoms with van der Waals surface area (Å²) < 4.78 is 0. The molecule has 1 aromatic carbocycles. The molecule has 1 saturated heterocycles. The summed E-state index contributed by atoms with van der Waals surface area (Å²) in [5.74, 6) is 0.745. The van der Waals surface area contributed by atoms with E-state index in [1.807, 2.05) is 12.1 Å². The molecule has 3 rings (SSSR count). The molecule has 1 atom stereocenters. The predicted octanol–water partition coefficient (Wildman–Crippen LogP) is 4.58. The third-order valence-electron chi connectivity index (χ3n) is 4.42. The van der Waals surface area contributed by atoms with Gasteiger partial charge in [0, 0.05) is 42.3 Å². The molecule has 0 radical (unpaired) electrons. The zero-order valence-electron chi connectivity index (χ0n) is 11.9. The van der Waals surface area contributed by atoms with Crippen LogP contribution in [0.3, 0.4) is 0 Å². The van der Waals surface area contributed by atoms with E-state index in [-0.39, 0.29) is 24.8 Å². The molecule has 0 bridgehead atoms. The van der Waals surface area contributed by atoms with E-state index >= 15 is 0 Å². The molecule has 1 N–H and O–H groups in total. The van der Waals surface area contributed by atoms with Crippen LogP contribution >= 0.6 is 48.0 Å². The Kier molecular flexibility index (Phi) is 8.11. The van der Waals surface area contributed by atoms with Crippen LogP contribution in [0, 0.1) is 5.92 Å². The Hall–Kier alpha value is 0.300. The molecule has 2 aliphatic rings. The maximum Gasteiger partial charge on any atom is 0.0455 e. The Morgan fingerprint density at radius 1 is 1.10 bits per heavy atom. The number of hydrogen-bond acceptors (Lipinski definition) is 2. The first-order chi connectivity index (χ1) is 9.25. The second kappa shape index (κ2) is 8.81. The van der Waals surface area contributed by atoms with E-state index in [9.17, 15) is 0 Å². The highest BCUT2D eigenvalue weighted by Crippen LogP contribution is 2.44. The summed E-state index contributed by atoms with van der Waals surface area (Å²) in [4.78, 5) is 2.58. The van der Waals surface area contributed by atoms with Crippen molar-refractivity contribution >= 4 is 48.0 Å². The fourth-order valence-corrected chi connectivity index (χ4v) is 3.62. The summed E-state index contributed by atoms with van der Waals surface area (Å²) in [5.41, 5.74) is 1.22. The van der Waals surface area contributed by atoms with Gasteiger partial charge in [0.25, 0.3) is 0 Å². The van der Waals surface area contributed by atoms with Crippen LogP contribution in [-0.4, -0.2) is 31.1 Å². The molecule has 21 heavy (non-hydrogen) atoms. The number of benzene rings is 1. The summed E-state index contributed by atoms with van der Waals surface area (Å²) in [5, 5.41) is 5.07. The van der Waals surface area contributed by atoms with E-state index in [4.69, 9.17) is 23.2 Å². The molecule has 2 fully saturated rings. The summed E-state index contributed by atoms with van der Waals surface area (Å²) in [7, 11) is 0. The topological polar surface area (TPSA) is 15.3 Å². The van der Waals surface area contributed by atoms with E-state index < -0.39 is 0 Å². The highest BCUT2D eigenvalue weighted by atomic mass is 35.5. The van der Waals surface area contributed by atoms with Crippen molar-refractivity contribution in [2.24, 2.45) is 5.92 Å². The van der Waals surface area contributed by atoms with Crippen LogP contribution < -0.4 is 5.32 Å². The van der Waals surface area contributed by atoms with Crippen molar-refractivity contribution in [1.82, 2.24) is 10.2 Å². The fourth-order valence-electron chi connectivity index (χ4n) is 3.21. The second-order valence-corrected chi connectivity index (χ2v) is 6.43. The van der Waals surface area contributed by atoms with Crippen molar-refractivity contribution in [2.45, 2.75) is 25.3 Å². The zero-order chi connectivity index (χ0) is 13.2. The van der Waals surface area contributed by atoms with E-state index in [1.165, 1.54) is 24.8 Å². The Morgan fingerprint density at radius 3 is 2.33 bits per heavy atom. The van der Waals surface area contributed by atoms with E-state index in [1.54, 1.807) is 0 Å². The molecule has 0 amide bonds. The molecule has 1 aromatic rings. The van der Waals surface area contributed by atoms with Gasteiger partial charge in [-0.1, -0.05) is 29.6 Å². The zero-order valence-corrected chi connectivity index (χ0v) is 15.0. The lowest BCUT2D eigenvalue weighted by Gasteiger charge is -2.43. The van der Waals surface area contributed by atoms with Crippen molar-refractivity contribution in [3.05, 3.63) is 33.8 Å². The van der Waals surface area contributed by atoms with E-state index in [2.05, 4.69) is 16.3 Å². The van der Waals surface area contributed by atoms with E-state index in [0.29, 0.717) is 6.04 Å². The Labute approximate surface area is 149 Å². The minimum atomic E-state index is 0. The van der Waals surface area contributed by atoms with Gasteiger partial charge in [0.2, 0.25) is 0 Å². The van der Waals surface area contributed by atoms with Crippen molar-refractivity contribution < 1.29 is 0 Å². The number of halogens is 4. The van der Waals surface area contributed by atoms with Crippen molar-refractivity contribution in [3.63, 3.8) is 0 Å². The number of nitrogens with one attached hydrogen (secondary N) is 1. The minimum absolute atomic E-state index is 0. The number of hydrogen-bond donors (Lipinski definition) is 1. The molecule has 2 nitrogen and oxygen atoms in total. The van der Waals surface area contributed by atoms with Crippen molar-refractivity contribution in [1.29, 1.82) is 0 Å². The molecule has 120 valence electrons. The quantitative estimate of drug-likeness (QED) is 0.836. The summed E-state index contributed by atoms with van der Waals surface area (Å²) in [6.45, 7) is 4.34. The van der Waals surface area contributed by atoms with Crippen molar-refractivity contribution in [3.8, 4) is 0 Å². The lowest BCUT2D eigenvalue weighted by Crippen LogP contribution is -2.47. The van der Waals surface area contributed by atoms with Gasteiger partial charge >= 0.3 is 0 Å². The summed E-state index contributed by atoms with van der Waals surface area (Å²) >= 11 is 12.6. The molecule has 1 aliphatic carbocycles. The van der Waals surface area contributed by atoms with Gasteiger partial charge in [0.1, 0.15) is 0 Å². The number of piperazine rings is 1. The fraction of sp³-hybridized carbons (Fsp3) is 0.600. The molecule has 0 aromatic heterocycles. The van der Waals surface area contributed by atoms with Crippen LogP contribution in [0.25, 0.3) is 0 Å². The normalized spacial score (nSPS) is 20.9. The van der Waals surface area contributed by atoms with Gasteiger partial charge in [-0.3, -0.25) is 4.90 Å². The molecule has 1 aliphatic heterocycles. The van der Waals surface area contributed by atoms with Gasteiger partial charge in [-0.05, 0) is 42.5 Å². The maximum atomic E-state index is 6.43. The van der Waals surface area contributed by atoms with Crippen LogP contribution in [-0.2, 0) is 0 Å². The Balaban J connectivity index is 0.00000110. The first kappa shape index (κ1) is 19.3. The van der Waals surface area contributed by atoms with Crippen molar-refractivity contribution in [2.75, 3.05) is 26.2 Å². The van der Waals surface area contributed by atoms with Crippen LogP contribution in [0.2, 0.25) is 10.0 Å². The first-order valence-electron chi connectivity index (χ1n) is 7.15. The highest BCUT2D eigenvalue weighted by molar-refractivity contribution is 6.33. The van der Waals surface area contributed by atoms with E-state index in [0.717, 1.165) is 42.1 Å². The molecule has 1 heterocycles. The summed E-state index contributed by atoms with van der Waals surface area (Å²) in [6, 6.07) is 6.33. The smallest absolute Gasteiger partial charge is 0.0455 e.